The van der Waals surface area contributed by atoms with Gasteiger partial charge in [0.1, 0.15) is 0 Å². The van der Waals surface area contributed by atoms with E-state index in [1.165, 1.54) is 38.5 Å². The van der Waals surface area contributed by atoms with Gasteiger partial charge in [-0.3, -0.25) is 0 Å². The first-order valence-corrected chi connectivity index (χ1v) is 6.19. The normalized spacial score (nSPS) is 10.8. The molecule has 0 N–H and O–H groups in total. The van der Waals surface area contributed by atoms with E-state index in [1.807, 2.05) is 0 Å². The van der Waals surface area contributed by atoms with Crippen LogP contribution in [-0.4, -0.2) is 0 Å². The average Bonchev–Trinajstić information content (AvgIpc) is 2.21. The summed E-state index contributed by atoms with van der Waals surface area (Å²) in [6, 6.07) is 0. The molecule has 0 atom stereocenters. The molecule has 0 aromatic rings. The molecule has 0 bridgehead atoms. The summed E-state index contributed by atoms with van der Waals surface area (Å²) in [6.07, 6.45) is 15.8. The van der Waals surface area contributed by atoms with Crippen LogP contribution in [0.4, 0.5) is 0 Å². The zero-order chi connectivity index (χ0) is 10.6. The van der Waals surface area contributed by atoms with E-state index >= 15 is 0 Å². The second-order valence-corrected chi connectivity index (χ2v) is 3.87. The van der Waals surface area contributed by atoms with E-state index in [-0.39, 0.29) is 0 Å². The summed E-state index contributed by atoms with van der Waals surface area (Å²) < 4.78 is 0. The maximum absolute atomic E-state index is 2.33. The Labute approximate surface area is 90.1 Å². The van der Waals surface area contributed by atoms with Gasteiger partial charge >= 0.3 is 0 Å². The van der Waals surface area contributed by atoms with Gasteiger partial charge in [0.15, 0.2) is 0 Å². The van der Waals surface area contributed by atoms with Crippen molar-refractivity contribution in [2.75, 3.05) is 0 Å². The molecule has 0 aliphatic carbocycles. The highest BCUT2D eigenvalue weighted by Crippen LogP contribution is 2.15. The van der Waals surface area contributed by atoms with Gasteiger partial charge < -0.3 is 0 Å². The minimum Gasteiger partial charge on any atom is -0.0848 e. The Bertz CT molecular complexity index is 153. The molecule has 14 heavy (non-hydrogen) atoms. The molecule has 0 aromatic heterocycles. The van der Waals surface area contributed by atoms with Gasteiger partial charge in [0.25, 0.3) is 0 Å². The predicted molar refractivity (Wildman–Crippen MR) is 66.6 cm³/mol. The van der Waals surface area contributed by atoms with Crippen molar-refractivity contribution in [1.82, 2.24) is 0 Å². The van der Waals surface area contributed by atoms with Gasteiger partial charge in [0, 0.05) is 0 Å². The predicted octanol–water partition coefficient (Wildman–Crippen LogP) is 5.26. The third-order valence-corrected chi connectivity index (χ3v) is 2.41. The van der Waals surface area contributed by atoms with Crippen LogP contribution in [0.3, 0.4) is 0 Å². The number of allylic oxidation sites excluding steroid dienone is 4. The molecule has 0 aliphatic rings. The Morgan fingerprint density at radius 2 is 1.50 bits per heavy atom. The maximum atomic E-state index is 2.33. The minimum atomic E-state index is 1.14. The summed E-state index contributed by atoms with van der Waals surface area (Å²) in [5, 5.41) is 0. The first-order chi connectivity index (χ1) is 6.85. The van der Waals surface area contributed by atoms with Crippen molar-refractivity contribution >= 4 is 0 Å². The van der Waals surface area contributed by atoms with Crippen LogP contribution < -0.4 is 0 Å². The molecule has 0 unspecified atom stereocenters. The maximum Gasteiger partial charge on any atom is -0.0317 e. The lowest BCUT2D eigenvalue weighted by atomic mass is 10.0. The van der Waals surface area contributed by atoms with E-state index in [4.69, 9.17) is 0 Å². The summed E-state index contributed by atoms with van der Waals surface area (Å²) in [4.78, 5) is 0. The van der Waals surface area contributed by atoms with Crippen molar-refractivity contribution in [1.29, 1.82) is 0 Å². The SMILES string of the molecule is CC/C=C/C=C(CCCC)CCCC. The molecule has 0 heteroatoms. The second-order valence-electron chi connectivity index (χ2n) is 3.87. The number of hydrogen-bond acceptors (Lipinski definition) is 0. The molecule has 0 amide bonds. The van der Waals surface area contributed by atoms with E-state index in [0.717, 1.165) is 6.42 Å². The zero-order valence-corrected chi connectivity index (χ0v) is 10.2. The quantitative estimate of drug-likeness (QED) is 0.462. The van der Waals surface area contributed by atoms with E-state index in [9.17, 15) is 0 Å². The Morgan fingerprint density at radius 1 is 0.929 bits per heavy atom. The van der Waals surface area contributed by atoms with Crippen molar-refractivity contribution in [3.8, 4) is 0 Å². The molecule has 0 saturated carbocycles. The summed E-state index contributed by atoms with van der Waals surface area (Å²) in [6.45, 7) is 6.71. The largest absolute Gasteiger partial charge is 0.0848 e. The van der Waals surface area contributed by atoms with Crippen LogP contribution in [0.1, 0.15) is 65.7 Å². The van der Waals surface area contributed by atoms with E-state index in [0.29, 0.717) is 0 Å². The first-order valence-electron chi connectivity index (χ1n) is 6.19. The number of rotatable bonds is 8. The summed E-state index contributed by atoms with van der Waals surface area (Å²) in [5.41, 5.74) is 1.64. The standard InChI is InChI=1S/C14H26/c1-4-7-10-13-14(11-8-5-2)12-9-6-3/h7,10,13H,4-6,8-9,11-12H2,1-3H3/b10-7+. The van der Waals surface area contributed by atoms with Crippen molar-refractivity contribution in [3.05, 3.63) is 23.8 Å². The third-order valence-electron chi connectivity index (χ3n) is 2.41. The van der Waals surface area contributed by atoms with Crippen molar-refractivity contribution < 1.29 is 0 Å². The fourth-order valence-electron chi connectivity index (χ4n) is 1.44. The fraction of sp³-hybridized carbons (Fsp3) is 0.714. The Kier molecular flexibility index (Phi) is 10.2. The first kappa shape index (κ1) is 13.5. The van der Waals surface area contributed by atoms with Gasteiger partial charge in [0.2, 0.25) is 0 Å². The zero-order valence-electron chi connectivity index (χ0n) is 10.2. The number of hydrogen-bond donors (Lipinski definition) is 0. The highest BCUT2D eigenvalue weighted by molar-refractivity contribution is 5.12. The third kappa shape index (κ3) is 8.10. The molecule has 0 radical (unpaired) electrons. The molecular formula is C14H26. The lowest BCUT2D eigenvalue weighted by molar-refractivity contribution is 0.713. The highest BCUT2D eigenvalue weighted by atomic mass is 14.0. The Hall–Kier alpha value is -0.520. The lowest BCUT2D eigenvalue weighted by Gasteiger charge is -2.04. The van der Waals surface area contributed by atoms with Crippen LogP contribution in [0.2, 0.25) is 0 Å². The van der Waals surface area contributed by atoms with Crippen LogP contribution in [0.15, 0.2) is 23.8 Å². The van der Waals surface area contributed by atoms with Gasteiger partial charge in [-0.25, -0.2) is 0 Å². The summed E-state index contributed by atoms with van der Waals surface area (Å²) in [5.74, 6) is 0. The van der Waals surface area contributed by atoms with E-state index in [2.05, 4.69) is 39.0 Å². The molecule has 0 saturated heterocycles. The second kappa shape index (κ2) is 10.6. The molecule has 0 aliphatic heterocycles. The van der Waals surface area contributed by atoms with Crippen LogP contribution in [0.5, 0.6) is 0 Å². The summed E-state index contributed by atoms with van der Waals surface area (Å²) >= 11 is 0. The Morgan fingerprint density at radius 3 is 1.93 bits per heavy atom. The molecule has 0 heterocycles. The van der Waals surface area contributed by atoms with Gasteiger partial charge in [-0.1, -0.05) is 57.4 Å². The smallest absolute Gasteiger partial charge is 0.0317 e. The van der Waals surface area contributed by atoms with Gasteiger partial charge in [-0.15, -0.1) is 0 Å². The van der Waals surface area contributed by atoms with Gasteiger partial charge in [-0.05, 0) is 32.1 Å². The molecule has 0 aromatic carbocycles. The fourth-order valence-corrected chi connectivity index (χ4v) is 1.44. The molecule has 82 valence electrons. The lowest BCUT2D eigenvalue weighted by Crippen LogP contribution is -1.84. The number of unbranched alkanes of at least 4 members (excludes halogenated alkanes) is 2. The highest BCUT2D eigenvalue weighted by Gasteiger charge is 1.95. The minimum absolute atomic E-state index is 1.14. The average molecular weight is 194 g/mol. The van der Waals surface area contributed by atoms with Crippen LogP contribution in [0.25, 0.3) is 0 Å². The summed E-state index contributed by atoms with van der Waals surface area (Å²) in [7, 11) is 0. The van der Waals surface area contributed by atoms with E-state index < -0.39 is 0 Å². The molecule has 0 fully saturated rings. The molecule has 0 spiro atoms. The van der Waals surface area contributed by atoms with E-state index in [1.54, 1.807) is 5.57 Å². The Balaban J connectivity index is 3.94. The van der Waals surface area contributed by atoms with Crippen molar-refractivity contribution in [2.45, 2.75) is 65.7 Å². The van der Waals surface area contributed by atoms with Crippen molar-refractivity contribution in [3.63, 3.8) is 0 Å². The van der Waals surface area contributed by atoms with Crippen LogP contribution in [0, 0.1) is 0 Å². The van der Waals surface area contributed by atoms with Gasteiger partial charge in [0.05, 0.1) is 0 Å². The molecular weight excluding hydrogens is 168 g/mol. The monoisotopic (exact) mass is 194 g/mol. The van der Waals surface area contributed by atoms with Crippen molar-refractivity contribution in [2.24, 2.45) is 0 Å². The molecule has 0 nitrogen and oxygen atoms in total. The molecule has 0 rings (SSSR count). The van der Waals surface area contributed by atoms with Crippen LogP contribution >= 0.6 is 0 Å². The van der Waals surface area contributed by atoms with Crippen LogP contribution in [-0.2, 0) is 0 Å². The topological polar surface area (TPSA) is 0 Å². The van der Waals surface area contributed by atoms with Gasteiger partial charge in [-0.2, -0.15) is 0 Å².